The molecule has 0 saturated heterocycles. The third-order valence-electron chi connectivity index (χ3n) is 3.42. The Labute approximate surface area is 128 Å². The van der Waals surface area contributed by atoms with Crippen LogP contribution in [0.25, 0.3) is 0 Å². The van der Waals surface area contributed by atoms with E-state index in [0.717, 1.165) is 23.3 Å². The highest BCUT2D eigenvalue weighted by Crippen LogP contribution is 2.33. The van der Waals surface area contributed by atoms with Crippen molar-refractivity contribution in [2.75, 3.05) is 12.3 Å². The third kappa shape index (κ3) is 3.20. The van der Waals surface area contributed by atoms with Crippen LogP contribution in [0.1, 0.15) is 12.5 Å². The van der Waals surface area contributed by atoms with Crippen LogP contribution in [0.5, 0.6) is 11.5 Å². The number of fused-ring (bicyclic) bond motifs is 1. The zero-order valence-corrected chi connectivity index (χ0v) is 12.2. The molecule has 1 aliphatic heterocycles. The lowest BCUT2D eigenvalue weighted by atomic mass is 9.98. The standard InChI is InChI=1S/C17H17NO4/c1-17(11-19,22-18-14-5-3-2-4-6-14)10-13-7-8-15-16(9-13)21-12-20-15/h2-9,11,18H,10,12H2,1H3. The summed E-state index contributed by atoms with van der Waals surface area (Å²) in [6.45, 7) is 1.97. The number of para-hydroxylation sites is 1. The molecule has 0 fully saturated rings. The van der Waals surface area contributed by atoms with Gasteiger partial charge in [-0.1, -0.05) is 24.3 Å². The molecule has 1 heterocycles. The minimum Gasteiger partial charge on any atom is -0.454 e. The molecule has 0 aromatic heterocycles. The van der Waals surface area contributed by atoms with Gasteiger partial charge in [0.15, 0.2) is 23.4 Å². The fourth-order valence-electron chi connectivity index (χ4n) is 2.24. The summed E-state index contributed by atoms with van der Waals surface area (Å²) in [5, 5.41) is 0. The van der Waals surface area contributed by atoms with E-state index in [1.807, 2.05) is 48.5 Å². The number of aldehydes is 1. The lowest BCUT2D eigenvalue weighted by Crippen LogP contribution is -2.35. The summed E-state index contributed by atoms with van der Waals surface area (Å²) < 4.78 is 10.6. The van der Waals surface area contributed by atoms with Gasteiger partial charge in [-0.05, 0) is 36.8 Å². The van der Waals surface area contributed by atoms with Crippen molar-refractivity contribution in [1.29, 1.82) is 0 Å². The second-order valence-electron chi connectivity index (χ2n) is 5.37. The SMILES string of the molecule is CC(C=O)(Cc1ccc2c(c1)OCO2)ONc1ccccc1. The van der Waals surface area contributed by atoms with Crippen LogP contribution < -0.4 is 15.0 Å². The molecule has 0 amide bonds. The summed E-state index contributed by atoms with van der Waals surface area (Å²) in [5.74, 6) is 1.42. The molecule has 0 saturated carbocycles. The molecule has 1 unspecified atom stereocenters. The first-order valence-electron chi connectivity index (χ1n) is 7.02. The van der Waals surface area contributed by atoms with Crippen LogP contribution >= 0.6 is 0 Å². The van der Waals surface area contributed by atoms with Gasteiger partial charge in [-0.25, -0.2) is 0 Å². The highest BCUT2D eigenvalue weighted by Gasteiger charge is 2.27. The molecule has 1 aliphatic rings. The number of hydrogen-bond acceptors (Lipinski definition) is 5. The minimum absolute atomic E-state index is 0.232. The number of carbonyl (C=O) groups excluding carboxylic acids is 1. The van der Waals surface area contributed by atoms with E-state index >= 15 is 0 Å². The van der Waals surface area contributed by atoms with Crippen molar-refractivity contribution in [2.24, 2.45) is 0 Å². The maximum atomic E-state index is 11.5. The average molecular weight is 299 g/mol. The first-order chi connectivity index (χ1) is 10.7. The fourth-order valence-corrected chi connectivity index (χ4v) is 2.24. The summed E-state index contributed by atoms with van der Waals surface area (Å²) in [5.41, 5.74) is 3.57. The van der Waals surface area contributed by atoms with Gasteiger partial charge in [0.2, 0.25) is 6.79 Å². The van der Waals surface area contributed by atoms with Crippen LogP contribution in [0.4, 0.5) is 5.69 Å². The van der Waals surface area contributed by atoms with Gasteiger partial charge in [0.25, 0.3) is 0 Å². The summed E-state index contributed by atoms with van der Waals surface area (Å²) in [6.07, 6.45) is 1.22. The average Bonchev–Trinajstić information content (AvgIpc) is 3.02. The predicted octanol–water partition coefficient (Wildman–Crippen LogP) is 2.96. The first kappa shape index (κ1) is 14.4. The molecular weight excluding hydrogens is 282 g/mol. The van der Waals surface area contributed by atoms with Crippen LogP contribution in [0.2, 0.25) is 0 Å². The predicted molar refractivity (Wildman–Crippen MR) is 81.9 cm³/mol. The summed E-state index contributed by atoms with van der Waals surface area (Å²) in [7, 11) is 0. The van der Waals surface area contributed by atoms with Crippen LogP contribution in [0.3, 0.4) is 0 Å². The molecule has 0 aliphatic carbocycles. The number of benzene rings is 2. The zero-order valence-electron chi connectivity index (χ0n) is 12.2. The van der Waals surface area contributed by atoms with Gasteiger partial charge in [-0.2, -0.15) is 0 Å². The highest BCUT2D eigenvalue weighted by molar-refractivity contribution is 5.63. The molecule has 2 aromatic carbocycles. The van der Waals surface area contributed by atoms with E-state index in [4.69, 9.17) is 14.3 Å². The number of ether oxygens (including phenoxy) is 2. The maximum Gasteiger partial charge on any atom is 0.231 e. The lowest BCUT2D eigenvalue weighted by molar-refractivity contribution is -0.125. The fraction of sp³-hybridized carbons (Fsp3) is 0.235. The van der Waals surface area contributed by atoms with Crippen molar-refractivity contribution in [2.45, 2.75) is 18.9 Å². The molecule has 5 heteroatoms. The van der Waals surface area contributed by atoms with Crippen LogP contribution in [0.15, 0.2) is 48.5 Å². The molecule has 114 valence electrons. The van der Waals surface area contributed by atoms with E-state index in [0.29, 0.717) is 12.2 Å². The molecule has 0 bridgehead atoms. The molecule has 0 radical (unpaired) electrons. The van der Waals surface area contributed by atoms with Crippen molar-refractivity contribution in [3.8, 4) is 11.5 Å². The first-order valence-corrected chi connectivity index (χ1v) is 7.02. The molecule has 1 N–H and O–H groups in total. The summed E-state index contributed by atoms with van der Waals surface area (Å²) in [6, 6.07) is 15.0. The van der Waals surface area contributed by atoms with Gasteiger partial charge < -0.3 is 14.3 Å². The second kappa shape index (κ2) is 6.07. The van der Waals surface area contributed by atoms with E-state index in [1.54, 1.807) is 6.92 Å². The van der Waals surface area contributed by atoms with Gasteiger partial charge in [0, 0.05) is 6.42 Å². The minimum atomic E-state index is -0.983. The maximum absolute atomic E-state index is 11.5. The quantitative estimate of drug-likeness (QED) is 0.656. The molecule has 5 nitrogen and oxygen atoms in total. The largest absolute Gasteiger partial charge is 0.454 e. The lowest BCUT2D eigenvalue weighted by Gasteiger charge is -2.24. The van der Waals surface area contributed by atoms with Gasteiger partial charge in [-0.3, -0.25) is 10.3 Å². The molecule has 22 heavy (non-hydrogen) atoms. The van der Waals surface area contributed by atoms with E-state index in [-0.39, 0.29) is 6.79 Å². The Bertz CT molecular complexity index is 659. The van der Waals surface area contributed by atoms with E-state index < -0.39 is 5.60 Å². The number of anilines is 1. The Morgan fingerprint density at radius 2 is 1.95 bits per heavy atom. The van der Waals surface area contributed by atoms with Gasteiger partial charge >= 0.3 is 0 Å². The Morgan fingerprint density at radius 3 is 2.73 bits per heavy atom. The number of nitrogens with one attached hydrogen (secondary N) is 1. The Balaban J connectivity index is 1.68. The van der Waals surface area contributed by atoms with E-state index in [9.17, 15) is 4.79 Å². The molecule has 1 atom stereocenters. The van der Waals surface area contributed by atoms with Crippen LogP contribution in [0, 0.1) is 0 Å². The summed E-state index contributed by atoms with van der Waals surface area (Å²) in [4.78, 5) is 17.1. The van der Waals surface area contributed by atoms with Crippen molar-refractivity contribution in [3.05, 3.63) is 54.1 Å². The second-order valence-corrected chi connectivity index (χ2v) is 5.37. The van der Waals surface area contributed by atoms with Crippen molar-refractivity contribution in [3.63, 3.8) is 0 Å². The van der Waals surface area contributed by atoms with Gasteiger partial charge in [0.05, 0.1) is 5.69 Å². The monoisotopic (exact) mass is 299 g/mol. The number of hydrogen-bond donors (Lipinski definition) is 1. The molecule has 2 aromatic rings. The Hall–Kier alpha value is -2.53. The third-order valence-corrected chi connectivity index (χ3v) is 3.42. The highest BCUT2D eigenvalue weighted by atomic mass is 16.7. The van der Waals surface area contributed by atoms with E-state index in [2.05, 4.69) is 5.48 Å². The van der Waals surface area contributed by atoms with Crippen molar-refractivity contribution in [1.82, 2.24) is 0 Å². The molecular formula is C17H17NO4. The van der Waals surface area contributed by atoms with Crippen LogP contribution in [-0.2, 0) is 16.1 Å². The van der Waals surface area contributed by atoms with Gasteiger partial charge in [-0.15, -0.1) is 0 Å². The van der Waals surface area contributed by atoms with Crippen molar-refractivity contribution < 1.29 is 19.1 Å². The number of rotatable bonds is 6. The number of carbonyl (C=O) groups is 1. The normalized spacial score (nSPS) is 15.1. The zero-order chi connectivity index (χ0) is 15.4. The topological polar surface area (TPSA) is 56.8 Å². The van der Waals surface area contributed by atoms with Crippen molar-refractivity contribution >= 4 is 12.0 Å². The Morgan fingerprint density at radius 1 is 1.18 bits per heavy atom. The molecule has 0 spiro atoms. The van der Waals surface area contributed by atoms with E-state index in [1.165, 1.54) is 0 Å². The van der Waals surface area contributed by atoms with Gasteiger partial charge in [0.1, 0.15) is 0 Å². The molecule has 3 rings (SSSR count). The summed E-state index contributed by atoms with van der Waals surface area (Å²) >= 11 is 0. The Kier molecular flexibility index (Phi) is 3.98. The van der Waals surface area contributed by atoms with Crippen LogP contribution in [-0.4, -0.2) is 18.7 Å². The smallest absolute Gasteiger partial charge is 0.231 e.